The third-order valence-electron chi connectivity index (χ3n) is 4.40. The monoisotopic (exact) mass is 383 g/mol. The van der Waals surface area contributed by atoms with Gasteiger partial charge >= 0.3 is 5.97 Å². The quantitative estimate of drug-likeness (QED) is 0.705. The number of ether oxygens (including phenoxy) is 2. The molecule has 28 heavy (non-hydrogen) atoms. The maximum Gasteiger partial charge on any atom is 0.344 e. The second-order valence-electron chi connectivity index (χ2n) is 7.43. The lowest BCUT2D eigenvalue weighted by molar-refractivity contribution is -0.155. The molecule has 0 heterocycles. The molecule has 5 nitrogen and oxygen atoms in total. The average Bonchev–Trinajstić information content (AvgIpc) is 2.60. The number of para-hydroxylation sites is 1. The predicted molar refractivity (Wildman–Crippen MR) is 111 cm³/mol. The number of aryl methyl sites for hydroxylation is 3. The molecule has 0 aromatic heterocycles. The molecule has 0 fully saturated rings. The van der Waals surface area contributed by atoms with E-state index >= 15 is 0 Å². The Balaban J connectivity index is 1.94. The van der Waals surface area contributed by atoms with Crippen molar-refractivity contribution in [3.05, 3.63) is 58.7 Å². The van der Waals surface area contributed by atoms with Crippen LogP contribution in [0.4, 0.5) is 5.69 Å². The highest BCUT2D eigenvalue weighted by Gasteiger charge is 2.20. The molecule has 5 heteroatoms. The Kier molecular flexibility index (Phi) is 7.21. The van der Waals surface area contributed by atoms with E-state index in [0.29, 0.717) is 5.75 Å². The molecular formula is C23H29NO4. The molecule has 0 spiro atoms. The summed E-state index contributed by atoms with van der Waals surface area (Å²) in [6.45, 7) is 11.3. The summed E-state index contributed by atoms with van der Waals surface area (Å²) in [6.07, 6.45) is -0.921. The summed E-state index contributed by atoms with van der Waals surface area (Å²) >= 11 is 0. The van der Waals surface area contributed by atoms with Crippen LogP contribution in [0.2, 0.25) is 0 Å². The minimum Gasteiger partial charge on any atom is -0.482 e. The van der Waals surface area contributed by atoms with Gasteiger partial charge in [0.05, 0.1) is 0 Å². The zero-order chi connectivity index (χ0) is 20.8. The number of benzene rings is 2. The van der Waals surface area contributed by atoms with Crippen molar-refractivity contribution >= 4 is 17.6 Å². The smallest absolute Gasteiger partial charge is 0.344 e. The Bertz CT molecular complexity index is 837. The number of amides is 1. The molecule has 2 aromatic rings. The van der Waals surface area contributed by atoms with Crippen LogP contribution in [0.15, 0.2) is 36.4 Å². The van der Waals surface area contributed by atoms with Gasteiger partial charge in [-0.2, -0.15) is 0 Å². The summed E-state index contributed by atoms with van der Waals surface area (Å²) in [4.78, 5) is 24.6. The molecule has 0 bridgehead atoms. The summed E-state index contributed by atoms with van der Waals surface area (Å²) in [5.41, 5.74) is 4.89. The zero-order valence-electron chi connectivity index (χ0n) is 17.5. The molecule has 0 radical (unpaired) electrons. The van der Waals surface area contributed by atoms with Crippen LogP contribution >= 0.6 is 0 Å². The van der Waals surface area contributed by atoms with Gasteiger partial charge in [-0.25, -0.2) is 4.79 Å². The molecule has 0 saturated carbocycles. The molecule has 1 N–H and O–H groups in total. The van der Waals surface area contributed by atoms with E-state index in [0.717, 1.165) is 27.9 Å². The first-order chi connectivity index (χ1) is 13.2. The third kappa shape index (κ3) is 5.84. The van der Waals surface area contributed by atoms with E-state index in [9.17, 15) is 9.59 Å². The van der Waals surface area contributed by atoms with Gasteiger partial charge in [0.1, 0.15) is 5.75 Å². The molecule has 1 atom stereocenters. The molecule has 150 valence electrons. The summed E-state index contributed by atoms with van der Waals surface area (Å²) in [7, 11) is 0. The molecule has 2 rings (SSSR count). The minimum absolute atomic E-state index is 0.248. The highest BCUT2D eigenvalue weighted by atomic mass is 16.6. The van der Waals surface area contributed by atoms with Crippen LogP contribution in [0, 0.1) is 20.8 Å². The van der Waals surface area contributed by atoms with E-state index in [1.807, 2.05) is 57.2 Å². The highest BCUT2D eigenvalue weighted by molar-refractivity contribution is 5.96. The van der Waals surface area contributed by atoms with Gasteiger partial charge in [0.25, 0.3) is 5.91 Å². The zero-order valence-corrected chi connectivity index (χ0v) is 17.5. The van der Waals surface area contributed by atoms with E-state index in [4.69, 9.17) is 9.47 Å². The first-order valence-corrected chi connectivity index (χ1v) is 9.48. The topological polar surface area (TPSA) is 64.6 Å². The Labute approximate surface area is 167 Å². The Morgan fingerprint density at radius 1 is 1.00 bits per heavy atom. The van der Waals surface area contributed by atoms with Crippen molar-refractivity contribution in [2.45, 2.75) is 53.6 Å². The summed E-state index contributed by atoms with van der Waals surface area (Å²) in [5.74, 6) is -0.0843. The summed E-state index contributed by atoms with van der Waals surface area (Å²) < 4.78 is 10.7. The first-order valence-electron chi connectivity index (χ1n) is 9.48. The lowest BCUT2D eigenvalue weighted by Crippen LogP contribution is -2.32. The van der Waals surface area contributed by atoms with E-state index in [1.54, 1.807) is 6.92 Å². The van der Waals surface area contributed by atoms with Gasteiger partial charge in [0.15, 0.2) is 12.7 Å². The van der Waals surface area contributed by atoms with Crippen molar-refractivity contribution < 1.29 is 19.1 Å². The molecule has 0 aliphatic heterocycles. The average molecular weight is 383 g/mol. The fraction of sp³-hybridized carbons (Fsp3) is 0.391. The predicted octanol–water partition coefficient (Wildman–Crippen LogP) is 4.68. The van der Waals surface area contributed by atoms with Crippen LogP contribution in [0.25, 0.3) is 0 Å². The van der Waals surface area contributed by atoms with Gasteiger partial charge in [-0.3, -0.25) is 4.79 Å². The molecule has 0 unspecified atom stereocenters. The van der Waals surface area contributed by atoms with Crippen molar-refractivity contribution in [2.75, 3.05) is 11.9 Å². The fourth-order valence-corrected chi connectivity index (χ4v) is 3.01. The van der Waals surface area contributed by atoms with Gasteiger partial charge < -0.3 is 14.8 Å². The number of hydrogen-bond acceptors (Lipinski definition) is 4. The molecule has 0 aliphatic rings. The molecule has 2 aromatic carbocycles. The van der Waals surface area contributed by atoms with Gasteiger partial charge in [0.2, 0.25) is 0 Å². The van der Waals surface area contributed by atoms with Crippen LogP contribution in [-0.2, 0) is 14.3 Å². The SMILES string of the molecule is Cc1cc(C)cc(OCC(=O)O[C@@H](C)C(=O)Nc2c(C)cccc2C(C)C)c1. The van der Waals surface area contributed by atoms with Crippen LogP contribution in [0.1, 0.15) is 48.9 Å². The number of nitrogens with one attached hydrogen (secondary N) is 1. The number of anilines is 1. The van der Waals surface area contributed by atoms with Gasteiger partial charge in [-0.1, -0.05) is 38.1 Å². The largest absolute Gasteiger partial charge is 0.482 e. The van der Waals surface area contributed by atoms with E-state index in [1.165, 1.54) is 0 Å². The van der Waals surface area contributed by atoms with Crippen molar-refractivity contribution in [3.63, 3.8) is 0 Å². The number of carbonyl (C=O) groups is 2. The highest BCUT2D eigenvalue weighted by Crippen LogP contribution is 2.27. The van der Waals surface area contributed by atoms with Crippen LogP contribution in [0.3, 0.4) is 0 Å². The van der Waals surface area contributed by atoms with E-state index in [2.05, 4.69) is 19.2 Å². The Morgan fingerprint density at radius 2 is 1.64 bits per heavy atom. The van der Waals surface area contributed by atoms with Crippen LogP contribution in [0.5, 0.6) is 5.75 Å². The Hall–Kier alpha value is -2.82. The lowest BCUT2D eigenvalue weighted by atomic mass is 9.98. The molecule has 1 amide bonds. The van der Waals surface area contributed by atoms with Crippen molar-refractivity contribution in [2.24, 2.45) is 0 Å². The first kappa shape index (κ1) is 21.5. The van der Waals surface area contributed by atoms with Crippen LogP contribution in [-0.4, -0.2) is 24.6 Å². The maximum absolute atomic E-state index is 12.5. The number of rotatable bonds is 7. The second-order valence-corrected chi connectivity index (χ2v) is 7.43. The Morgan fingerprint density at radius 3 is 2.25 bits per heavy atom. The normalized spacial score (nSPS) is 11.8. The van der Waals surface area contributed by atoms with Crippen molar-refractivity contribution in [1.29, 1.82) is 0 Å². The van der Waals surface area contributed by atoms with E-state index < -0.39 is 12.1 Å². The summed E-state index contributed by atoms with van der Waals surface area (Å²) in [5, 5.41) is 2.90. The number of carbonyl (C=O) groups excluding carboxylic acids is 2. The van der Waals surface area contributed by atoms with Gasteiger partial charge in [0, 0.05) is 5.69 Å². The molecular weight excluding hydrogens is 354 g/mol. The maximum atomic E-state index is 12.5. The number of hydrogen-bond donors (Lipinski definition) is 1. The van der Waals surface area contributed by atoms with E-state index in [-0.39, 0.29) is 18.4 Å². The van der Waals surface area contributed by atoms with Gasteiger partial charge in [-0.15, -0.1) is 0 Å². The molecule has 0 aliphatic carbocycles. The lowest BCUT2D eigenvalue weighted by Gasteiger charge is -2.19. The minimum atomic E-state index is -0.921. The second kappa shape index (κ2) is 9.40. The third-order valence-corrected chi connectivity index (χ3v) is 4.40. The molecule has 0 saturated heterocycles. The fourth-order valence-electron chi connectivity index (χ4n) is 3.01. The van der Waals surface area contributed by atoms with Crippen molar-refractivity contribution in [3.8, 4) is 5.75 Å². The number of esters is 1. The van der Waals surface area contributed by atoms with Gasteiger partial charge in [-0.05, 0) is 68.0 Å². The standard InChI is InChI=1S/C23H29NO4/c1-14(2)20-9-7-8-17(5)22(20)24-23(26)18(6)28-21(25)13-27-19-11-15(3)10-16(4)12-19/h7-12,14,18H,13H2,1-6H3,(H,24,26)/t18-/m0/s1. The summed E-state index contributed by atoms with van der Waals surface area (Å²) in [6, 6.07) is 11.6. The van der Waals surface area contributed by atoms with Crippen LogP contribution < -0.4 is 10.1 Å². The van der Waals surface area contributed by atoms with Crippen molar-refractivity contribution in [1.82, 2.24) is 0 Å².